The Morgan fingerprint density at radius 3 is 2.68 bits per heavy atom. The standard InChI is InChI=1S/C13H20N2O4/c1-3-5-11(12(16)17)15-13(18)14-9(2)8-10-6-4-7-19-10/h4,6-7,9,11H,3,5,8H2,1-2H3,(H,16,17)(H2,14,15,18)/t9?,11-/m0/s1. The van der Waals surface area contributed by atoms with Gasteiger partial charge in [-0.1, -0.05) is 13.3 Å². The van der Waals surface area contributed by atoms with Crippen LogP contribution in [0.25, 0.3) is 0 Å². The number of carbonyl (C=O) groups is 2. The van der Waals surface area contributed by atoms with Gasteiger partial charge in [0.15, 0.2) is 0 Å². The summed E-state index contributed by atoms with van der Waals surface area (Å²) in [7, 11) is 0. The Hall–Kier alpha value is -1.98. The number of rotatable bonds is 7. The molecule has 0 aliphatic heterocycles. The van der Waals surface area contributed by atoms with Gasteiger partial charge in [-0.05, 0) is 25.5 Å². The lowest BCUT2D eigenvalue weighted by Crippen LogP contribution is -2.48. The van der Waals surface area contributed by atoms with Crippen molar-refractivity contribution in [3.8, 4) is 0 Å². The topological polar surface area (TPSA) is 91.6 Å². The first-order valence-corrected chi connectivity index (χ1v) is 6.35. The first kappa shape index (κ1) is 15.1. The van der Waals surface area contributed by atoms with E-state index in [1.54, 1.807) is 12.3 Å². The van der Waals surface area contributed by atoms with E-state index in [1.807, 2.05) is 19.9 Å². The van der Waals surface area contributed by atoms with E-state index in [0.717, 1.165) is 5.76 Å². The predicted octanol–water partition coefficient (Wildman–Crippen LogP) is 1.76. The second-order valence-electron chi connectivity index (χ2n) is 4.48. The fraction of sp³-hybridized carbons (Fsp3) is 0.538. The Morgan fingerprint density at radius 2 is 2.16 bits per heavy atom. The molecule has 0 radical (unpaired) electrons. The molecule has 2 atom stereocenters. The van der Waals surface area contributed by atoms with E-state index in [-0.39, 0.29) is 6.04 Å². The summed E-state index contributed by atoms with van der Waals surface area (Å²) in [6, 6.07) is 2.15. The van der Waals surface area contributed by atoms with Crippen molar-refractivity contribution in [1.82, 2.24) is 10.6 Å². The molecule has 6 nitrogen and oxygen atoms in total. The summed E-state index contributed by atoms with van der Waals surface area (Å²) in [5.74, 6) is -0.244. The van der Waals surface area contributed by atoms with Gasteiger partial charge in [-0.15, -0.1) is 0 Å². The second-order valence-corrected chi connectivity index (χ2v) is 4.48. The van der Waals surface area contributed by atoms with Crippen LogP contribution in [0.4, 0.5) is 4.79 Å². The number of hydrogen-bond acceptors (Lipinski definition) is 3. The lowest BCUT2D eigenvalue weighted by atomic mass is 10.1. The highest BCUT2D eigenvalue weighted by molar-refractivity contribution is 5.82. The molecule has 0 aromatic carbocycles. The summed E-state index contributed by atoms with van der Waals surface area (Å²) in [5, 5.41) is 14.1. The van der Waals surface area contributed by atoms with Crippen LogP contribution in [0.2, 0.25) is 0 Å². The van der Waals surface area contributed by atoms with Crippen LogP contribution in [0.15, 0.2) is 22.8 Å². The normalized spacial score (nSPS) is 13.6. The molecule has 19 heavy (non-hydrogen) atoms. The van der Waals surface area contributed by atoms with E-state index in [9.17, 15) is 9.59 Å². The van der Waals surface area contributed by atoms with E-state index in [0.29, 0.717) is 19.3 Å². The Morgan fingerprint density at radius 1 is 1.42 bits per heavy atom. The van der Waals surface area contributed by atoms with Gasteiger partial charge in [-0.2, -0.15) is 0 Å². The highest BCUT2D eigenvalue weighted by Crippen LogP contribution is 2.04. The summed E-state index contributed by atoms with van der Waals surface area (Å²) in [6.07, 6.45) is 3.24. The highest BCUT2D eigenvalue weighted by atomic mass is 16.4. The number of urea groups is 1. The molecule has 1 aromatic rings. The van der Waals surface area contributed by atoms with E-state index < -0.39 is 18.0 Å². The second kappa shape index (κ2) is 7.45. The van der Waals surface area contributed by atoms with Crippen molar-refractivity contribution in [2.75, 3.05) is 0 Å². The van der Waals surface area contributed by atoms with Gasteiger partial charge in [0.2, 0.25) is 0 Å². The lowest BCUT2D eigenvalue weighted by molar-refractivity contribution is -0.139. The van der Waals surface area contributed by atoms with E-state index >= 15 is 0 Å². The van der Waals surface area contributed by atoms with Crippen molar-refractivity contribution in [2.24, 2.45) is 0 Å². The van der Waals surface area contributed by atoms with Gasteiger partial charge in [0, 0.05) is 12.5 Å². The minimum absolute atomic E-state index is 0.137. The van der Waals surface area contributed by atoms with Crippen molar-refractivity contribution in [1.29, 1.82) is 0 Å². The molecule has 0 saturated carbocycles. The van der Waals surface area contributed by atoms with Gasteiger partial charge in [0.05, 0.1) is 6.26 Å². The zero-order valence-electron chi connectivity index (χ0n) is 11.2. The number of furan rings is 1. The number of carboxylic acid groups (broad SMARTS) is 1. The zero-order valence-corrected chi connectivity index (χ0v) is 11.2. The fourth-order valence-electron chi connectivity index (χ4n) is 1.75. The quantitative estimate of drug-likeness (QED) is 0.702. The molecule has 6 heteroatoms. The largest absolute Gasteiger partial charge is 0.480 e. The van der Waals surface area contributed by atoms with Gasteiger partial charge in [-0.25, -0.2) is 9.59 Å². The Balaban J connectivity index is 2.38. The molecular weight excluding hydrogens is 248 g/mol. The van der Waals surface area contributed by atoms with Gasteiger partial charge in [0.1, 0.15) is 11.8 Å². The molecule has 2 amide bonds. The SMILES string of the molecule is CCC[C@H](NC(=O)NC(C)Cc1ccco1)C(=O)O. The van der Waals surface area contributed by atoms with Crippen molar-refractivity contribution in [2.45, 2.75) is 45.2 Å². The molecule has 3 N–H and O–H groups in total. The number of amides is 2. The monoisotopic (exact) mass is 268 g/mol. The number of aliphatic carboxylic acids is 1. The highest BCUT2D eigenvalue weighted by Gasteiger charge is 2.19. The molecule has 0 aliphatic rings. The van der Waals surface area contributed by atoms with Crippen molar-refractivity contribution in [3.05, 3.63) is 24.2 Å². The fourth-order valence-corrected chi connectivity index (χ4v) is 1.75. The Bertz CT molecular complexity index is 403. The molecule has 0 saturated heterocycles. The van der Waals surface area contributed by atoms with Gasteiger partial charge in [0.25, 0.3) is 0 Å². The van der Waals surface area contributed by atoms with Crippen LogP contribution in [0, 0.1) is 0 Å². The smallest absolute Gasteiger partial charge is 0.326 e. The zero-order chi connectivity index (χ0) is 14.3. The lowest BCUT2D eigenvalue weighted by Gasteiger charge is -2.17. The van der Waals surface area contributed by atoms with Crippen LogP contribution in [0.3, 0.4) is 0 Å². The number of carboxylic acids is 1. The molecule has 1 unspecified atom stereocenters. The van der Waals surface area contributed by atoms with Crippen molar-refractivity contribution in [3.63, 3.8) is 0 Å². The molecule has 0 spiro atoms. The Labute approximate surface area is 112 Å². The third kappa shape index (κ3) is 5.46. The maximum Gasteiger partial charge on any atom is 0.326 e. The average molecular weight is 268 g/mol. The van der Waals surface area contributed by atoms with Crippen LogP contribution >= 0.6 is 0 Å². The average Bonchev–Trinajstić information content (AvgIpc) is 2.80. The molecule has 0 bridgehead atoms. The van der Waals surface area contributed by atoms with Crippen LogP contribution in [-0.4, -0.2) is 29.2 Å². The summed E-state index contributed by atoms with van der Waals surface area (Å²) in [4.78, 5) is 22.6. The van der Waals surface area contributed by atoms with Crippen molar-refractivity contribution < 1.29 is 19.1 Å². The van der Waals surface area contributed by atoms with Gasteiger partial charge >= 0.3 is 12.0 Å². The molecule has 1 heterocycles. The molecule has 106 valence electrons. The summed E-state index contributed by atoms with van der Waals surface area (Å²) < 4.78 is 5.18. The third-order valence-corrected chi connectivity index (χ3v) is 2.65. The molecule has 1 rings (SSSR count). The van der Waals surface area contributed by atoms with Crippen molar-refractivity contribution >= 4 is 12.0 Å². The minimum Gasteiger partial charge on any atom is -0.480 e. The number of nitrogens with one attached hydrogen (secondary N) is 2. The maximum atomic E-state index is 11.7. The molecule has 0 fully saturated rings. The first-order valence-electron chi connectivity index (χ1n) is 6.35. The van der Waals surface area contributed by atoms with E-state index in [4.69, 9.17) is 9.52 Å². The van der Waals surface area contributed by atoms with E-state index in [1.165, 1.54) is 0 Å². The van der Waals surface area contributed by atoms with Gasteiger partial charge in [-0.3, -0.25) is 0 Å². The summed E-state index contributed by atoms with van der Waals surface area (Å²) >= 11 is 0. The minimum atomic E-state index is -1.02. The summed E-state index contributed by atoms with van der Waals surface area (Å²) in [6.45, 7) is 3.70. The van der Waals surface area contributed by atoms with Crippen LogP contribution in [0.5, 0.6) is 0 Å². The van der Waals surface area contributed by atoms with E-state index in [2.05, 4.69) is 10.6 Å². The van der Waals surface area contributed by atoms with Gasteiger partial charge < -0.3 is 20.2 Å². The Kier molecular flexibility index (Phi) is 5.92. The third-order valence-electron chi connectivity index (χ3n) is 2.65. The number of carbonyl (C=O) groups excluding carboxylic acids is 1. The van der Waals surface area contributed by atoms with Crippen LogP contribution in [-0.2, 0) is 11.2 Å². The molecular formula is C13H20N2O4. The van der Waals surface area contributed by atoms with Crippen LogP contribution < -0.4 is 10.6 Å². The first-order chi connectivity index (χ1) is 9.02. The maximum absolute atomic E-state index is 11.7. The predicted molar refractivity (Wildman–Crippen MR) is 69.9 cm³/mol. The summed E-state index contributed by atoms with van der Waals surface area (Å²) in [5.41, 5.74) is 0. The number of hydrogen-bond donors (Lipinski definition) is 3. The molecule has 1 aromatic heterocycles. The molecule has 0 aliphatic carbocycles. The van der Waals surface area contributed by atoms with Crippen LogP contribution in [0.1, 0.15) is 32.4 Å².